The highest BCUT2D eigenvalue weighted by molar-refractivity contribution is 9.10. The van der Waals surface area contributed by atoms with Gasteiger partial charge in [0.25, 0.3) is 0 Å². The Kier molecular flexibility index (Phi) is 2.26. The van der Waals surface area contributed by atoms with Crippen molar-refractivity contribution in [1.29, 1.82) is 0 Å². The zero-order chi connectivity index (χ0) is 8.39. The van der Waals surface area contributed by atoms with E-state index < -0.39 is 0 Å². The highest BCUT2D eigenvalue weighted by atomic mass is 79.9. The summed E-state index contributed by atoms with van der Waals surface area (Å²) in [5, 5.41) is 0. The van der Waals surface area contributed by atoms with E-state index in [2.05, 4.69) is 33.1 Å². The van der Waals surface area contributed by atoms with Crippen molar-refractivity contribution in [3.05, 3.63) is 34.3 Å². The standard InChI is InChI=1S/C10H10BrN/c11-9-3-1-2-8(6-9)7-12-10-4-5-10/h1-3,6H,4-5,7H2. The average molecular weight is 224 g/mol. The van der Waals surface area contributed by atoms with Crippen molar-refractivity contribution in [2.75, 3.05) is 0 Å². The van der Waals surface area contributed by atoms with Crippen LogP contribution in [0.4, 0.5) is 0 Å². The second-order valence-corrected chi connectivity index (χ2v) is 3.93. The molecule has 62 valence electrons. The van der Waals surface area contributed by atoms with E-state index in [1.807, 2.05) is 12.1 Å². The third-order valence-electron chi connectivity index (χ3n) is 1.85. The van der Waals surface area contributed by atoms with E-state index >= 15 is 0 Å². The summed E-state index contributed by atoms with van der Waals surface area (Å²) in [5.41, 5.74) is 2.65. The average Bonchev–Trinajstić information content (AvgIpc) is 2.84. The molecule has 2 rings (SSSR count). The van der Waals surface area contributed by atoms with Crippen LogP contribution in [0.3, 0.4) is 0 Å². The number of aliphatic imine (C=N–C) groups is 1. The van der Waals surface area contributed by atoms with Crippen molar-refractivity contribution >= 4 is 21.6 Å². The third-order valence-corrected chi connectivity index (χ3v) is 2.34. The normalized spacial score (nSPS) is 14.6. The first kappa shape index (κ1) is 7.99. The topological polar surface area (TPSA) is 12.4 Å². The summed E-state index contributed by atoms with van der Waals surface area (Å²) in [5.74, 6) is 0. The van der Waals surface area contributed by atoms with Gasteiger partial charge in [-0.1, -0.05) is 28.1 Å². The number of halogens is 1. The lowest BCUT2D eigenvalue weighted by atomic mass is 10.2. The summed E-state index contributed by atoms with van der Waals surface area (Å²) in [7, 11) is 0. The van der Waals surface area contributed by atoms with Crippen LogP contribution in [-0.2, 0) is 6.54 Å². The molecule has 0 aliphatic heterocycles. The van der Waals surface area contributed by atoms with E-state index in [9.17, 15) is 0 Å². The van der Waals surface area contributed by atoms with Gasteiger partial charge in [0.2, 0.25) is 0 Å². The monoisotopic (exact) mass is 223 g/mol. The minimum atomic E-state index is 0.842. The molecule has 0 heterocycles. The summed E-state index contributed by atoms with van der Waals surface area (Å²) in [6, 6.07) is 8.31. The zero-order valence-corrected chi connectivity index (χ0v) is 8.34. The van der Waals surface area contributed by atoms with Crippen LogP contribution >= 0.6 is 15.9 Å². The van der Waals surface area contributed by atoms with E-state index in [1.165, 1.54) is 24.1 Å². The number of hydrogen-bond donors (Lipinski definition) is 0. The fourth-order valence-corrected chi connectivity index (χ4v) is 1.50. The predicted octanol–water partition coefficient (Wildman–Crippen LogP) is 3.18. The van der Waals surface area contributed by atoms with Crippen molar-refractivity contribution in [2.24, 2.45) is 4.99 Å². The quantitative estimate of drug-likeness (QED) is 0.731. The summed E-state index contributed by atoms with van der Waals surface area (Å²) >= 11 is 3.44. The molecule has 1 nitrogen and oxygen atoms in total. The Labute approximate surface area is 80.6 Å². The SMILES string of the molecule is Brc1cccc(CN=C2CC2)c1. The molecule has 1 aliphatic rings. The molecule has 0 atom stereocenters. The molecule has 0 unspecified atom stereocenters. The molecule has 0 radical (unpaired) electrons. The van der Waals surface area contributed by atoms with Crippen LogP contribution in [-0.4, -0.2) is 5.71 Å². The molecule has 0 saturated heterocycles. The van der Waals surface area contributed by atoms with Gasteiger partial charge in [-0.3, -0.25) is 4.99 Å². The molecule has 1 aliphatic carbocycles. The number of nitrogens with zero attached hydrogens (tertiary/aromatic N) is 1. The fraction of sp³-hybridized carbons (Fsp3) is 0.300. The van der Waals surface area contributed by atoms with Gasteiger partial charge in [0, 0.05) is 10.2 Å². The summed E-state index contributed by atoms with van der Waals surface area (Å²) < 4.78 is 1.14. The van der Waals surface area contributed by atoms with E-state index in [0.717, 1.165) is 11.0 Å². The van der Waals surface area contributed by atoms with Crippen molar-refractivity contribution in [3.63, 3.8) is 0 Å². The first-order chi connectivity index (χ1) is 5.84. The van der Waals surface area contributed by atoms with Crippen molar-refractivity contribution in [1.82, 2.24) is 0 Å². The largest absolute Gasteiger partial charge is 0.289 e. The highest BCUT2D eigenvalue weighted by Gasteiger charge is 2.11. The molecule has 0 N–H and O–H groups in total. The van der Waals surface area contributed by atoms with Gasteiger partial charge in [-0.05, 0) is 30.5 Å². The summed E-state index contributed by atoms with van der Waals surface area (Å²) in [4.78, 5) is 4.44. The second-order valence-electron chi connectivity index (χ2n) is 3.01. The Balaban J connectivity index is 2.07. The van der Waals surface area contributed by atoms with Crippen LogP contribution < -0.4 is 0 Å². The van der Waals surface area contributed by atoms with Gasteiger partial charge in [0.1, 0.15) is 0 Å². The van der Waals surface area contributed by atoms with Gasteiger partial charge in [0.05, 0.1) is 6.54 Å². The van der Waals surface area contributed by atoms with Gasteiger partial charge in [-0.15, -0.1) is 0 Å². The van der Waals surface area contributed by atoms with Crippen molar-refractivity contribution < 1.29 is 0 Å². The third kappa shape index (κ3) is 2.18. The second kappa shape index (κ2) is 3.40. The van der Waals surface area contributed by atoms with Gasteiger partial charge in [-0.25, -0.2) is 0 Å². The molecule has 0 bridgehead atoms. The Hall–Kier alpha value is -0.630. The van der Waals surface area contributed by atoms with Crippen LogP contribution in [0.15, 0.2) is 33.7 Å². The molecule has 12 heavy (non-hydrogen) atoms. The molecular formula is C10H10BrN. The van der Waals surface area contributed by atoms with Gasteiger partial charge in [-0.2, -0.15) is 0 Å². The number of rotatable bonds is 2. The maximum Gasteiger partial charge on any atom is 0.0639 e. The smallest absolute Gasteiger partial charge is 0.0639 e. The lowest BCUT2D eigenvalue weighted by molar-refractivity contribution is 1.07. The Morgan fingerprint density at radius 3 is 2.83 bits per heavy atom. The Morgan fingerprint density at radius 1 is 1.33 bits per heavy atom. The molecule has 1 aromatic carbocycles. The van der Waals surface area contributed by atoms with Crippen LogP contribution in [0, 0.1) is 0 Å². The first-order valence-electron chi connectivity index (χ1n) is 4.11. The Bertz CT molecular complexity index is 311. The lowest BCUT2D eigenvalue weighted by Gasteiger charge is -1.95. The number of benzene rings is 1. The fourth-order valence-electron chi connectivity index (χ4n) is 1.05. The molecule has 0 aromatic heterocycles. The van der Waals surface area contributed by atoms with E-state index in [0.29, 0.717) is 0 Å². The molecule has 1 fully saturated rings. The van der Waals surface area contributed by atoms with Gasteiger partial charge in [0.15, 0.2) is 0 Å². The lowest BCUT2D eigenvalue weighted by Crippen LogP contribution is -1.81. The molecule has 1 aromatic rings. The molecule has 0 amide bonds. The highest BCUT2D eigenvalue weighted by Crippen LogP contribution is 2.17. The minimum absolute atomic E-state index is 0.842. The minimum Gasteiger partial charge on any atom is -0.289 e. The van der Waals surface area contributed by atoms with Crippen LogP contribution in [0.2, 0.25) is 0 Å². The molecule has 1 saturated carbocycles. The maximum absolute atomic E-state index is 4.44. The zero-order valence-electron chi connectivity index (χ0n) is 6.76. The van der Waals surface area contributed by atoms with Gasteiger partial charge >= 0.3 is 0 Å². The van der Waals surface area contributed by atoms with Crippen molar-refractivity contribution in [2.45, 2.75) is 19.4 Å². The molecular weight excluding hydrogens is 214 g/mol. The first-order valence-corrected chi connectivity index (χ1v) is 4.90. The predicted molar refractivity (Wildman–Crippen MR) is 54.5 cm³/mol. The summed E-state index contributed by atoms with van der Waals surface area (Å²) in [6.45, 7) is 0.842. The maximum atomic E-state index is 4.44. The van der Waals surface area contributed by atoms with E-state index in [-0.39, 0.29) is 0 Å². The van der Waals surface area contributed by atoms with Crippen LogP contribution in [0.25, 0.3) is 0 Å². The van der Waals surface area contributed by atoms with Crippen LogP contribution in [0.5, 0.6) is 0 Å². The van der Waals surface area contributed by atoms with Crippen LogP contribution in [0.1, 0.15) is 18.4 Å². The number of hydrogen-bond acceptors (Lipinski definition) is 1. The molecule has 0 spiro atoms. The van der Waals surface area contributed by atoms with Crippen molar-refractivity contribution in [3.8, 4) is 0 Å². The molecule has 2 heteroatoms. The van der Waals surface area contributed by atoms with E-state index in [1.54, 1.807) is 0 Å². The van der Waals surface area contributed by atoms with Gasteiger partial charge < -0.3 is 0 Å². The summed E-state index contributed by atoms with van der Waals surface area (Å²) in [6.07, 6.45) is 2.43. The Morgan fingerprint density at radius 2 is 2.17 bits per heavy atom. The van der Waals surface area contributed by atoms with E-state index in [4.69, 9.17) is 0 Å².